The molecule has 0 spiro atoms. The van der Waals surface area contributed by atoms with Gasteiger partial charge in [-0.15, -0.1) is 0 Å². The van der Waals surface area contributed by atoms with Crippen molar-refractivity contribution in [1.29, 1.82) is 0 Å². The standard InChI is InChI=1S/C25H24Cl2IN5O5S/c1-14-16-3-2-4-21(18(16)7-6-17(14)24(35)36)32-13-25(28,30-31-32)12-22-23(34)29-9-10-33(22)39(37,38)15-5-8-19(26)20(27)11-15/h5-11,21-22H,2-4,12-13H2,1H3,(H,29,34)(H,35,36). The molecule has 39 heavy (non-hydrogen) atoms. The Morgan fingerprint density at radius 1 is 1.26 bits per heavy atom. The number of fused-ring (bicyclic) bond motifs is 1. The number of amides is 1. The first-order chi connectivity index (χ1) is 18.4. The number of nitrogens with one attached hydrogen (secondary N) is 1. The number of carboxylic acid groups (broad SMARTS) is 1. The number of rotatable bonds is 6. The van der Waals surface area contributed by atoms with Gasteiger partial charge in [0, 0.05) is 18.8 Å². The molecule has 3 atom stereocenters. The number of hydrogen-bond donors (Lipinski definition) is 2. The van der Waals surface area contributed by atoms with Crippen LogP contribution in [0.25, 0.3) is 0 Å². The third-order valence-corrected chi connectivity index (χ3v) is 10.8. The summed E-state index contributed by atoms with van der Waals surface area (Å²) in [4.78, 5) is 24.5. The number of benzene rings is 2. The number of aromatic carboxylic acids is 1. The van der Waals surface area contributed by atoms with Gasteiger partial charge in [-0.3, -0.25) is 14.1 Å². The van der Waals surface area contributed by atoms with E-state index in [2.05, 4.69) is 38.2 Å². The topological polar surface area (TPSA) is 132 Å². The molecule has 2 aromatic rings. The lowest BCUT2D eigenvalue weighted by Gasteiger charge is -2.36. The predicted octanol–water partition coefficient (Wildman–Crippen LogP) is 5.24. The molecule has 0 saturated heterocycles. The second-order valence-electron chi connectivity index (χ2n) is 9.68. The molecule has 10 nitrogen and oxygen atoms in total. The molecular weight excluding hydrogens is 680 g/mol. The van der Waals surface area contributed by atoms with E-state index in [-0.39, 0.29) is 27.4 Å². The van der Waals surface area contributed by atoms with Gasteiger partial charge in [-0.25, -0.2) is 13.2 Å². The molecule has 2 aromatic carbocycles. The van der Waals surface area contributed by atoms with E-state index in [1.54, 1.807) is 6.07 Å². The van der Waals surface area contributed by atoms with E-state index in [9.17, 15) is 23.1 Å². The fourth-order valence-corrected chi connectivity index (χ4v) is 8.01. The number of carbonyl (C=O) groups is 2. The van der Waals surface area contributed by atoms with Gasteiger partial charge in [-0.2, -0.15) is 5.11 Å². The predicted molar refractivity (Wildman–Crippen MR) is 153 cm³/mol. The highest BCUT2D eigenvalue weighted by atomic mass is 127. The smallest absolute Gasteiger partial charge is 0.335 e. The zero-order valence-corrected chi connectivity index (χ0v) is 25.1. The number of nitrogens with zero attached hydrogens (tertiary/aromatic N) is 4. The summed E-state index contributed by atoms with van der Waals surface area (Å²) in [6.45, 7) is 2.18. The highest BCUT2D eigenvalue weighted by Gasteiger charge is 2.46. The van der Waals surface area contributed by atoms with Gasteiger partial charge in [0.25, 0.3) is 10.0 Å². The van der Waals surface area contributed by atoms with Crippen LogP contribution in [0.4, 0.5) is 0 Å². The molecule has 0 aromatic heterocycles. The van der Waals surface area contributed by atoms with Crippen molar-refractivity contribution >= 4 is 67.7 Å². The van der Waals surface area contributed by atoms with Crippen LogP contribution in [0.2, 0.25) is 10.0 Å². The molecule has 0 bridgehead atoms. The van der Waals surface area contributed by atoms with Crippen LogP contribution in [0.5, 0.6) is 0 Å². The number of hydrogen-bond acceptors (Lipinski definition) is 7. The van der Waals surface area contributed by atoms with E-state index < -0.39 is 31.5 Å². The summed E-state index contributed by atoms with van der Waals surface area (Å²) in [5.41, 5.74) is 3.09. The summed E-state index contributed by atoms with van der Waals surface area (Å²) < 4.78 is 27.2. The minimum absolute atomic E-state index is 0.0703. The third kappa shape index (κ3) is 5.23. The lowest BCUT2D eigenvalue weighted by molar-refractivity contribution is -0.124. The average molecular weight is 704 g/mol. The zero-order chi connectivity index (χ0) is 28.1. The normalized spacial score (nSPS) is 24.6. The second-order valence-corrected chi connectivity index (χ2v) is 14.3. The molecule has 1 aliphatic carbocycles. The first kappa shape index (κ1) is 28.1. The minimum Gasteiger partial charge on any atom is -0.478 e. The van der Waals surface area contributed by atoms with Crippen LogP contribution >= 0.6 is 45.8 Å². The van der Waals surface area contributed by atoms with E-state index in [0.29, 0.717) is 12.1 Å². The van der Waals surface area contributed by atoms with Crippen LogP contribution in [0.1, 0.15) is 52.4 Å². The van der Waals surface area contributed by atoms with Crippen LogP contribution in [-0.4, -0.2) is 50.8 Å². The van der Waals surface area contributed by atoms with Crippen molar-refractivity contribution in [1.82, 2.24) is 14.6 Å². The van der Waals surface area contributed by atoms with E-state index in [4.69, 9.17) is 23.2 Å². The van der Waals surface area contributed by atoms with Crippen molar-refractivity contribution in [3.63, 3.8) is 0 Å². The Morgan fingerprint density at radius 2 is 2.03 bits per heavy atom. The van der Waals surface area contributed by atoms with Crippen LogP contribution in [0, 0.1) is 6.92 Å². The molecule has 0 fully saturated rings. The Balaban J connectivity index is 1.39. The van der Waals surface area contributed by atoms with Crippen molar-refractivity contribution in [3.8, 4) is 0 Å². The van der Waals surface area contributed by atoms with Gasteiger partial charge in [0.05, 0.1) is 33.1 Å². The summed E-state index contributed by atoms with van der Waals surface area (Å²) in [6, 6.07) is 6.29. The number of carboxylic acids is 1. The lowest BCUT2D eigenvalue weighted by Crippen LogP contribution is -2.52. The fraction of sp³-hybridized carbons (Fsp3) is 0.360. The van der Waals surface area contributed by atoms with Gasteiger partial charge in [-0.05, 0) is 89.7 Å². The van der Waals surface area contributed by atoms with Gasteiger partial charge in [0.15, 0.2) is 3.55 Å². The van der Waals surface area contributed by atoms with Gasteiger partial charge in [-0.1, -0.05) is 34.5 Å². The third-order valence-electron chi connectivity index (χ3n) is 7.26. The maximum atomic E-state index is 13.5. The largest absolute Gasteiger partial charge is 0.478 e. The van der Waals surface area contributed by atoms with Gasteiger partial charge in [0.2, 0.25) is 5.91 Å². The van der Waals surface area contributed by atoms with Crippen LogP contribution in [0.3, 0.4) is 0 Å². The maximum Gasteiger partial charge on any atom is 0.335 e. The molecule has 206 valence electrons. The molecule has 5 rings (SSSR count). The quantitative estimate of drug-likeness (QED) is 0.240. The number of halogens is 3. The molecule has 0 saturated carbocycles. The summed E-state index contributed by atoms with van der Waals surface area (Å²) in [6.07, 6.45) is 5.13. The van der Waals surface area contributed by atoms with Crippen molar-refractivity contribution in [2.45, 2.75) is 53.1 Å². The Hall–Kier alpha value is -2.42. The molecule has 0 radical (unpaired) electrons. The Morgan fingerprint density at radius 3 is 2.74 bits per heavy atom. The second kappa shape index (κ2) is 10.5. The summed E-state index contributed by atoms with van der Waals surface area (Å²) in [5.74, 6) is -1.43. The Bertz CT molecular complexity index is 1530. The SMILES string of the molecule is Cc1c(C(=O)O)ccc2c1CCCC2N1CC(I)(CC2C(=O)NC=CN2S(=O)(=O)c2ccc(Cl)c(Cl)c2)N=N1. The van der Waals surface area contributed by atoms with Crippen molar-refractivity contribution < 1.29 is 23.1 Å². The number of alkyl halides is 1. The van der Waals surface area contributed by atoms with Gasteiger partial charge < -0.3 is 10.4 Å². The number of sulfonamides is 1. The van der Waals surface area contributed by atoms with Crippen molar-refractivity contribution in [2.75, 3.05) is 6.54 Å². The first-order valence-electron chi connectivity index (χ1n) is 12.1. The van der Waals surface area contributed by atoms with Gasteiger partial charge in [0.1, 0.15) is 6.04 Å². The Kier molecular flexibility index (Phi) is 7.59. The highest BCUT2D eigenvalue weighted by molar-refractivity contribution is 14.1. The molecule has 2 N–H and O–H groups in total. The average Bonchev–Trinajstić information content (AvgIpc) is 3.28. The Labute approximate surface area is 249 Å². The lowest BCUT2D eigenvalue weighted by atomic mass is 9.83. The van der Waals surface area contributed by atoms with Crippen LogP contribution < -0.4 is 5.32 Å². The molecule has 14 heteroatoms. The van der Waals surface area contributed by atoms with E-state index >= 15 is 0 Å². The number of carbonyl (C=O) groups excluding carboxylic acids is 1. The van der Waals surface area contributed by atoms with Crippen molar-refractivity contribution in [3.05, 3.63) is 75.0 Å². The summed E-state index contributed by atoms with van der Waals surface area (Å²) in [7, 11) is -4.14. The molecule has 2 aliphatic heterocycles. The van der Waals surface area contributed by atoms with Gasteiger partial charge >= 0.3 is 5.97 Å². The minimum atomic E-state index is -4.14. The van der Waals surface area contributed by atoms with E-state index in [0.717, 1.165) is 40.3 Å². The van der Waals surface area contributed by atoms with Crippen molar-refractivity contribution in [2.24, 2.45) is 10.3 Å². The van der Waals surface area contributed by atoms with Crippen LogP contribution in [-0.2, 0) is 21.2 Å². The fourth-order valence-electron chi connectivity index (χ4n) is 5.31. The first-order valence-corrected chi connectivity index (χ1v) is 15.4. The molecule has 2 heterocycles. The summed E-state index contributed by atoms with van der Waals surface area (Å²) in [5, 5.41) is 23.2. The summed E-state index contributed by atoms with van der Waals surface area (Å²) >= 11 is 14.2. The molecular formula is C25H24Cl2IN5O5S. The van der Waals surface area contributed by atoms with Crippen LogP contribution in [0.15, 0.2) is 58.0 Å². The van der Waals surface area contributed by atoms with E-state index in [1.807, 2.05) is 18.0 Å². The zero-order valence-electron chi connectivity index (χ0n) is 20.6. The molecule has 1 amide bonds. The molecule has 3 unspecified atom stereocenters. The highest BCUT2D eigenvalue weighted by Crippen LogP contribution is 2.43. The molecule has 3 aliphatic rings. The maximum absolute atomic E-state index is 13.5. The monoisotopic (exact) mass is 703 g/mol. The van der Waals surface area contributed by atoms with E-state index in [1.165, 1.54) is 30.6 Å².